The van der Waals surface area contributed by atoms with E-state index in [-0.39, 0.29) is 19.5 Å². The van der Waals surface area contributed by atoms with Crippen LogP contribution in [0.3, 0.4) is 0 Å². The Morgan fingerprint density at radius 2 is 0.959 bits per heavy atom. The molecule has 6 heteroatoms. The zero-order valence-electron chi connectivity index (χ0n) is 44.6. The average molecular weight is 1020 g/mol. The molecule has 2 saturated carbocycles. The van der Waals surface area contributed by atoms with E-state index in [1.807, 2.05) is 0 Å². The summed E-state index contributed by atoms with van der Waals surface area (Å²) >= 11 is 0. The van der Waals surface area contributed by atoms with Crippen LogP contribution in [0, 0.1) is 66.6 Å². The molecule has 4 aliphatic rings. The molecule has 0 radical (unpaired) electrons. The summed E-state index contributed by atoms with van der Waals surface area (Å²) in [6, 6.07) is 26.1. The number of aryl methyl sites for hydroxylation is 1. The second-order valence-corrected chi connectivity index (χ2v) is 19.9. The maximum Gasteiger partial charge on any atom is 2.00 e. The molecular weight excluding hydrogens is 952 g/mol. The van der Waals surface area contributed by atoms with E-state index in [1.165, 1.54) is 112 Å². The standard InChI is InChI=1S/C61H67N5.C7H4.Zn/c1-4-6-8-16-42-66(43-17-9-7-5-2)49-30-26-46(27-31-49)29-33-51-54-36-40-58(64-54)60(47-18-12-10-13-19-47)56-38-34-52(62-56)50(32-28-45-24-22-44(3)23-25-45)53-35-39-57(63-53)61(48-20-14-11-15-21-48)59-41-37-55(51)65-59;1-3-5-7-6-4-2;/h22-27,30-31,34-41,47-48H,4-21,42-43H2,1-3H3;1H,2H3;/q-2;;+2. The SMILES string of the molecule is C#CC#CC#CC.CCCCCCN(CCCCCC)c1ccc(C#Cc2c3nc(c(C4CCCCC4)c4ccc([n-]4)c(C#Cc4ccc(C)cc4)c4nc(c(C5CCCCC5)c5ccc2[n-]5)C=C4)C=C3)cc1.[Zn+2]. The minimum Gasteiger partial charge on any atom is -0.656 e. The predicted octanol–water partition coefficient (Wildman–Crippen LogP) is 15.7. The minimum absolute atomic E-state index is 0. The van der Waals surface area contributed by atoms with E-state index in [4.69, 9.17) is 26.4 Å². The normalized spacial score (nSPS) is 13.7. The van der Waals surface area contributed by atoms with Gasteiger partial charge in [0.1, 0.15) is 0 Å². The van der Waals surface area contributed by atoms with E-state index in [9.17, 15) is 0 Å². The van der Waals surface area contributed by atoms with Crippen molar-refractivity contribution in [3.05, 3.63) is 135 Å². The molecule has 370 valence electrons. The van der Waals surface area contributed by atoms with Gasteiger partial charge in [0.15, 0.2) is 0 Å². The molecule has 5 nitrogen and oxygen atoms in total. The van der Waals surface area contributed by atoms with Gasteiger partial charge in [-0.1, -0.05) is 162 Å². The van der Waals surface area contributed by atoms with Gasteiger partial charge in [0.25, 0.3) is 0 Å². The quantitative estimate of drug-likeness (QED) is 0.0654. The molecule has 0 saturated heterocycles. The molecule has 0 spiro atoms. The molecular formula is C68H71N5Zn. The third-order valence-corrected chi connectivity index (χ3v) is 14.5. The van der Waals surface area contributed by atoms with Gasteiger partial charge in [-0.25, -0.2) is 9.97 Å². The molecule has 9 rings (SSSR count). The molecule has 0 unspecified atom stereocenters. The van der Waals surface area contributed by atoms with E-state index >= 15 is 0 Å². The van der Waals surface area contributed by atoms with Crippen LogP contribution in [0.25, 0.3) is 46.4 Å². The van der Waals surface area contributed by atoms with E-state index in [0.717, 1.165) is 106 Å². The van der Waals surface area contributed by atoms with Crippen molar-refractivity contribution < 1.29 is 19.5 Å². The third-order valence-electron chi connectivity index (χ3n) is 14.5. The number of unbranched alkanes of at least 4 members (excludes halogenated alkanes) is 6. The van der Waals surface area contributed by atoms with Gasteiger partial charge in [0.2, 0.25) is 0 Å². The second-order valence-electron chi connectivity index (χ2n) is 19.9. The minimum atomic E-state index is 0. The topological polar surface area (TPSA) is 57.2 Å². The van der Waals surface area contributed by atoms with Crippen molar-refractivity contribution in [2.24, 2.45) is 0 Å². The number of fused-ring (bicyclic) bond motifs is 8. The van der Waals surface area contributed by atoms with E-state index in [1.54, 1.807) is 6.92 Å². The van der Waals surface area contributed by atoms with Crippen LogP contribution >= 0.6 is 0 Å². The number of nitrogens with zero attached hydrogens (tertiary/aromatic N) is 5. The van der Waals surface area contributed by atoms with Crippen LogP contribution in [0.2, 0.25) is 0 Å². The van der Waals surface area contributed by atoms with Gasteiger partial charge in [0, 0.05) is 41.0 Å². The van der Waals surface area contributed by atoms with Gasteiger partial charge < -0.3 is 14.9 Å². The molecule has 2 aromatic carbocycles. The summed E-state index contributed by atoms with van der Waals surface area (Å²) in [5, 5.41) is 0. The first-order valence-electron chi connectivity index (χ1n) is 27.3. The Kier molecular flexibility index (Phi) is 21.3. The molecule has 2 aliphatic carbocycles. The number of hydrogen-bond donors (Lipinski definition) is 0. The molecule has 0 atom stereocenters. The van der Waals surface area contributed by atoms with Gasteiger partial charge in [-0.2, -0.15) is 0 Å². The fourth-order valence-corrected chi connectivity index (χ4v) is 10.6. The van der Waals surface area contributed by atoms with Crippen molar-refractivity contribution in [2.75, 3.05) is 18.0 Å². The van der Waals surface area contributed by atoms with Gasteiger partial charge >= 0.3 is 19.5 Å². The van der Waals surface area contributed by atoms with Crippen LogP contribution in [-0.2, 0) is 19.5 Å². The van der Waals surface area contributed by atoms with Crippen molar-refractivity contribution in [1.29, 1.82) is 0 Å². The first-order valence-corrected chi connectivity index (χ1v) is 27.3. The van der Waals surface area contributed by atoms with Crippen molar-refractivity contribution >= 4 is 52.1 Å². The second kappa shape index (κ2) is 28.6. The Hall–Kier alpha value is -6.74. The van der Waals surface area contributed by atoms with Gasteiger partial charge in [0.05, 0.1) is 22.8 Å². The van der Waals surface area contributed by atoms with Gasteiger partial charge in [-0.3, -0.25) is 0 Å². The monoisotopic (exact) mass is 1020 g/mol. The zero-order valence-corrected chi connectivity index (χ0v) is 47.5. The largest absolute Gasteiger partial charge is 2.00 e. The van der Waals surface area contributed by atoms with Crippen LogP contribution in [0.5, 0.6) is 0 Å². The van der Waals surface area contributed by atoms with Crippen LogP contribution in [0.1, 0.15) is 210 Å². The van der Waals surface area contributed by atoms with Crippen LogP contribution in [0.4, 0.5) is 5.69 Å². The molecule has 0 N–H and O–H groups in total. The van der Waals surface area contributed by atoms with Crippen LogP contribution in [0.15, 0.2) is 72.8 Å². The maximum absolute atomic E-state index is 5.48. The van der Waals surface area contributed by atoms with Crippen molar-refractivity contribution in [3.63, 3.8) is 0 Å². The zero-order chi connectivity index (χ0) is 50.6. The number of terminal acetylenes is 1. The molecule has 3 aromatic heterocycles. The Bertz CT molecular complexity index is 3200. The van der Waals surface area contributed by atoms with Crippen LogP contribution < -0.4 is 14.9 Å². The maximum atomic E-state index is 5.48. The van der Waals surface area contributed by atoms with Gasteiger partial charge in [-0.15, -0.1) is 28.5 Å². The van der Waals surface area contributed by atoms with Gasteiger partial charge in [-0.05, 0) is 160 Å². The molecule has 2 aliphatic heterocycles. The molecule has 8 bridgehead atoms. The van der Waals surface area contributed by atoms with Crippen molar-refractivity contribution in [3.8, 4) is 59.7 Å². The summed E-state index contributed by atoms with van der Waals surface area (Å²) in [5.41, 5.74) is 16.0. The van der Waals surface area contributed by atoms with Crippen molar-refractivity contribution in [1.82, 2.24) is 19.9 Å². The predicted molar refractivity (Wildman–Crippen MR) is 309 cm³/mol. The summed E-state index contributed by atoms with van der Waals surface area (Å²) in [5.74, 6) is 27.1. The van der Waals surface area contributed by atoms with Crippen molar-refractivity contribution in [2.45, 2.75) is 155 Å². The van der Waals surface area contributed by atoms with E-state index in [2.05, 4.69) is 176 Å². The summed E-state index contributed by atoms with van der Waals surface area (Å²) < 4.78 is 0. The average Bonchev–Trinajstić information content (AvgIpc) is 4.29. The first-order chi connectivity index (χ1) is 36.0. The molecule has 5 heterocycles. The summed E-state index contributed by atoms with van der Waals surface area (Å²) in [4.78, 5) is 24.4. The Morgan fingerprint density at radius 3 is 1.41 bits per heavy atom. The molecule has 2 fully saturated rings. The third kappa shape index (κ3) is 14.7. The number of benzene rings is 2. The van der Waals surface area contributed by atoms with E-state index in [0.29, 0.717) is 11.8 Å². The Morgan fingerprint density at radius 1 is 0.514 bits per heavy atom. The molecule has 0 amide bonds. The number of hydrogen-bond acceptors (Lipinski definition) is 3. The summed E-state index contributed by atoms with van der Waals surface area (Å²) in [7, 11) is 0. The molecule has 5 aromatic rings. The van der Waals surface area contributed by atoms with E-state index < -0.39 is 0 Å². The number of anilines is 1. The summed E-state index contributed by atoms with van der Waals surface area (Å²) in [6.45, 7) is 10.6. The van der Waals surface area contributed by atoms with Crippen LogP contribution in [-0.4, -0.2) is 23.1 Å². The fourth-order valence-electron chi connectivity index (χ4n) is 10.6. The Labute approximate surface area is 456 Å². The smallest absolute Gasteiger partial charge is 0.656 e. The summed E-state index contributed by atoms with van der Waals surface area (Å²) in [6.07, 6.45) is 35.6. The first kappa shape index (κ1) is 55.0. The number of aromatic nitrogens is 4. The molecule has 74 heavy (non-hydrogen) atoms. The fraction of sp³-hybridized carbons (Fsp3) is 0.382. The Balaban J connectivity index is 0.000000934. The number of rotatable bonds is 13.